The number of ether oxygens (including phenoxy) is 2. The minimum atomic E-state index is 0.273. The summed E-state index contributed by atoms with van der Waals surface area (Å²) in [5.41, 5.74) is 0. The van der Waals surface area contributed by atoms with Gasteiger partial charge in [-0.05, 0) is 32.6 Å². The maximum Gasteiger partial charge on any atom is 0.157 e. The molecule has 0 bridgehead atoms. The summed E-state index contributed by atoms with van der Waals surface area (Å²) in [6.07, 6.45) is 8.75. The molecule has 2 heterocycles. The van der Waals surface area contributed by atoms with Gasteiger partial charge in [0.2, 0.25) is 0 Å². The van der Waals surface area contributed by atoms with Gasteiger partial charge < -0.3 is 14.8 Å². The van der Waals surface area contributed by atoms with Crippen LogP contribution in [0.3, 0.4) is 0 Å². The van der Waals surface area contributed by atoms with Crippen LogP contribution in [0.5, 0.6) is 5.75 Å². The van der Waals surface area contributed by atoms with E-state index in [4.69, 9.17) is 9.47 Å². The molecule has 0 radical (unpaired) electrons. The lowest BCUT2D eigenvalue weighted by Gasteiger charge is -2.24. The van der Waals surface area contributed by atoms with E-state index in [1.807, 2.05) is 17.1 Å². The zero-order valence-electron chi connectivity index (χ0n) is 11.5. The van der Waals surface area contributed by atoms with E-state index in [0.717, 1.165) is 38.3 Å². The molecule has 1 saturated carbocycles. The SMILES string of the molecule is CCn1cc(O[C@@H]2CCC[C@@H]2NC2CCOC2)cn1. The first kappa shape index (κ1) is 12.9. The van der Waals surface area contributed by atoms with Gasteiger partial charge in [-0.15, -0.1) is 0 Å². The van der Waals surface area contributed by atoms with E-state index >= 15 is 0 Å². The highest BCUT2D eigenvalue weighted by atomic mass is 16.5. The van der Waals surface area contributed by atoms with Crippen LogP contribution >= 0.6 is 0 Å². The Kier molecular flexibility index (Phi) is 4.03. The molecule has 1 aliphatic heterocycles. The molecule has 0 aromatic carbocycles. The molecule has 2 aliphatic rings. The Labute approximate surface area is 114 Å². The fraction of sp³-hybridized carbons (Fsp3) is 0.786. The summed E-state index contributed by atoms with van der Waals surface area (Å²) >= 11 is 0. The first-order valence-electron chi connectivity index (χ1n) is 7.38. The molecule has 1 unspecified atom stereocenters. The van der Waals surface area contributed by atoms with Gasteiger partial charge in [0, 0.05) is 25.2 Å². The lowest BCUT2D eigenvalue weighted by Crippen LogP contribution is -2.44. The number of aromatic nitrogens is 2. The average Bonchev–Trinajstić information content (AvgIpc) is 3.14. The second kappa shape index (κ2) is 5.92. The van der Waals surface area contributed by atoms with Gasteiger partial charge in [0.15, 0.2) is 5.75 Å². The molecular weight excluding hydrogens is 242 g/mol. The molecule has 19 heavy (non-hydrogen) atoms. The molecular formula is C14H23N3O2. The summed E-state index contributed by atoms with van der Waals surface area (Å²) < 4.78 is 13.4. The van der Waals surface area contributed by atoms with Crippen LogP contribution in [-0.4, -0.2) is 41.2 Å². The second-order valence-electron chi connectivity index (χ2n) is 5.45. The van der Waals surface area contributed by atoms with E-state index in [1.54, 1.807) is 0 Å². The maximum absolute atomic E-state index is 6.09. The van der Waals surface area contributed by atoms with Crippen molar-refractivity contribution >= 4 is 0 Å². The molecule has 1 aromatic heterocycles. The zero-order chi connectivity index (χ0) is 13.1. The first-order valence-corrected chi connectivity index (χ1v) is 7.38. The van der Waals surface area contributed by atoms with Crippen LogP contribution in [0.1, 0.15) is 32.6 Å². The highest BCUT2D eigenvalue weighted by Crippen LogP contribution is 2.25. The van der Waals surface area contributed by atoms with Crippen molar-refractivity contribution in [2.24, 2.45) is 0 Å². The fourth-order valence-electron chi connectivity index (χ4n) is 2.98. The van der Waals surface area contributed by atoms with Crippen molar-refractivity contribution in [1.82, 2.24) is 15.1 Å². The third-order valence-electron chi connectivity index (χ3n) is 4.05. The summed E-state index contributed by atoms with van der Waals surface area (Å²) in [5, 5.41) is 7.95. The van der Waals surface area contributed by atoms with E-state index in [-0.39, 0.29) is 6.10 Å². The van der Waals surface area contributed by atoms with Crippen LogP contribution in [0, 0.1) is 0 Å². The Morgan fingerprint density at radius 2 is 2.42 bits per heavy atom. The van der Waals surface area contributed by atoms with Crippen molar-refractivity contribution in [3.8, 4) is 5.75 Å². The molecule has 0 amide bonds. The van der Waals surface area contributed by atoms with Gasteiger partial charge in [-0.25, -0.2) is 0 Å². The van der Waals surface area contributed by atoms with Gasteiger partial charge in [0.05, 0.1) is 19.0 Å². The minimum Gasteiger partial charge on any atom is -0.486 e. The largest absolute Gasteiger partial charge is 0.486 e. The van der Waals surface area contributed by atoms with Gasteiger partial charge in [-0.1, -0.05) is 0 Å². The molecule has 5 heteroatoms. The van der Waals surface area contributed by atoms with E-state index in [2.05, 4.69) is 17.3 Å². The summed E-state index contributed by atoms with van der Waals surface area (Å²) in [6, 6.07) is 0.962. The highest BCUT2D eigenvalue weighted by Gasteiger charge is 2.31. The van der Waals surface area contributed by atoms with Crippen LogP contribution in [0.15, 0.2) is 12.4 Å². The molecule has 1 saturated heterocycles. The Morgan fingerprint density at radius 3 is 3.16 bits per heavy atom. The quantitative estimate of drug-likeness (QED) is 0.878. The molecule has 1 aliphatic carbocycles. The molecule has 106 valence electrons. The predicted molar refractivity (Wildman–Crippen MR) is 72.3 cm³/mol. The average molecular weight is 265 g/mol. The van der Waals surface area contributed by atoms with Gasteiger partial charge in [-0.2, -0.15) is 5.10 Å². The maximum atomic E-state index is 6.09. The third-order valence-corrected chi connectivity index (χ3v) is 4.05. The summed E-state index contributed by atoms with van der Waals surface area (Å²) in [4.78, 5) is 0. The summed E-state index contributed by atoms with van der Waals surface area (Å²) in [6.45, 7) is 4.70. The van der Waals surface area contributed by atoms with Crippen molar-refractivity contribution in [2.75, 3.05) is 13.2 Å². The monoisotopic (exact) mass is 265 g/mol. The third kappa shape index (κ3) is 3.09. The second-order valence-corrected chi connectivity index (χ2v) is 5.45. The highest BCUT2D eigenvalue weighted by molar-refractivity contribution is 5.13. The Bertz CT molecular complexity index is 401. The van der Waals surface area contributed by atoms with Crippen LogP contribution < -0.4 is 10.1 Å². The topological polar surface area (TPSA) is 48.3 Å². The molecule has 3 rings (SSSR count). The smallest absolute Gasteiger partial charge is 0.157 e. The number of hydrogen-bond donors (Lipinski definition) is 1. The Hall–Kier alpha value is -1.07. The van der Waals surface area contributed by atoms with Crippen LogP contribution in [-0.2, 0) is 11.3 Å². The van der Waals surface area contributed by atoms with E-state index in [1.165, 1.54) is 12.8 Å². The number of nitrogens with one attached hydrogen (secondary N) is 1. The predicted octanol–water partition coefficient (Wildman–Crippen LogP) is 1.58. The van der Waals surface area contributed by atoms with Crippen molar-refractivity contribution in [1.29, 1.82) is 0 Å². The Morgan fingerprint density at radius 1 is 1.47 bits per heavy atom. The van der Waals surface area contributed by atoms with E-state index in [9.17, 15) is 0 Å². The van der Waals surface area contributed by atoms with E-state index in [0.29, 0.717) is 12.1 Å². The van der Waals surface area contributed by atoms with Crippen molar-refractivity contribution in [3.05, 3.63) is 12.4 Å². The minimum absolute atomic E-state index is 0.273. The van der Waals surface area contributed by atoms with Crippen molar-refractivity contribution in [2.45, 2.75) is 57.3 Å². The van der Waals surface area contributed by atoms with Gasteiger partial charge >= 0.3 is 0 Å². The van der Waals surface area contributed by atoms with E-state index < -0.39 is 0 Å². The fourth-order valence-corrected chi connectivity index (χ4v) is 2.98. The van der Waals surface area contributed by atoms with Crippen molar-refractivity contribution < 1.29 is 9.47 Å². The van der Waals surface area contributed by atoms with Crippen molar-refractivity contribution in [3.63, 3.8) is 0 Å². The summed E-state index contributed by atoms with van der Waals surface area (Å²) in [5.74, 6) is 0.892. The number of nitrogens with zero attached hydrogens (tertiary/aromatic N) is 2. The van der Waals surface area contributed by atoms with Crippen LogP contribution in [0.4, 0.5) is 0 Å². The molecule has 3 atom stereocenters. The van der Waals surface area contributed by atoms with Gasteiger partial charge in [0.1, 0.15) is 6.10 Å². The summed E-state index contributed by atoms with van der Waals surface area (Å²) in [7, 11) is 0. The molecule has 1 aromatic rings. The molecule has 0 spiro atoms. The van der Waals surface area contributed by atoms with Crippen LogP contribution in [0.25, 0.3) is 0 Å². The molecule has 2 fully saturated rings. The van der Waals surface area contributed by atoms with Gasteiger partial charge in [-0.3, -0.25) is 4.68 Å². The molecule has 1 N–H and O–H groups in total. The zero-order valence-corrected chi connectivity index (χ0v) is 11.5. The number of hydrogen-bond acceptors (Lipinski definition) is 4. The number of rotatable bonds is 5. The molecule has 5 nitrogen and oxygen atoms in total. The Balaban J connectivity index is 1.56. The number of aryl methyl sites for hydroxylation is 1. The van der Waals surface area contributed by atoms with Crippen LogP contribution in [0.2, 0.25) is 0 Å². The normalized spacial score (nSPS) is 30.9. The lowest BCUT2D eigenvalue weighted by atomic mass is 10.1. The van der Waals surface area contributed by atoms with Gasteiger partial charge in [0.25, 0.3) is 0 Å². The first-order chi connectivity index (χ1) is 9.35. The standard InChI is InChI=1S/C14H23N3O2/c1-2-17-9-12(8-15-17)19-14-5-3-4-13(14)16-11-6-7-18-10-11/h8-9,11,13-14,16H,2-7,10H2,1H3/t11?,13-,14+/m0/s1. The lowest BCUT2D eigenvalue weighted by molar-refractivity contribution is 0.156.